The van der Waals surface area contributed by atoms with E-state index in [4.69, 9.17) is 9.57 Å². The number of nitrogens with zero attached hydrogens (tertiary/aromatic N) is 1. The van der Waals surface area contributed by atoms with Gasteiger partial charge in [0.15, 0.2) is 9.84 Å². The predicted molar refractivity (Wildman–Crippen MR) is 69.2 cm³/mol. The number of rotatable bonds is 4. The zero-order valence-electron chi connectivity index (χ0n) is 10.6. The fourth-order valence-corrected chi connectivity index (χ4v) is 3.77. The Kier molecular flexibility index (Phi) is 3.58. The number of hydroxylamine groups is 2. The molecule has 0 saturated carbocycles. The van der Waals surface area contributed by atoms with Crippen molar-refractivity contribution in [3.05, 3.63) is 30.3 Å². The first-order valence-electron chi connectivity index (χ1n) is 6.42. The quantitative estimate of drug-likeness (QED) is 0.815. The molecule has 104 valence electrons. The van der Waals surface area contributed by atoms with Crippen LogP contribution >= 0.6 is 0 Å². The van der Waals surface area contributed by atoms with Crippen LogP contribution in [0.5, 0.6) is 0 Å². The molecule has 3 rings (SSSR count). The summed E-state index contributed by atoms with van der Waals surface area (Å²) in [6.07, 6.45) is 0. The summed E-state index contributed by atoms with van der Waals surface area (Å²) >= 11 is 0. The van der Waals surface area contributed by atoms with Crippen molar-refractivity contribution < 1.29 is 18.0 Å². The lowest BCUT2D eigenvalue weighted by Crippen LogP contribution is -2.35. The van der Waals surface area contributed by atoms with Gasteiger partial charge in [-0.25, -0.2) is 8.42 Å². The number of hydrogen-bond acceptors (Lipinski definition) is 5. The second-order valence-corrected chi connectivity index (χ2v) is 7.04. The van der Waals surface area contributed by atoms with Gasteiger partial charge in [0.25, 0.3) is 0 Å². The second-order valence-electron chi connectivity index (χ2n) is 4.93. The summed E-state index contributed by atoms with van der Waals surface area (Å²) in [7, 11) is -3.24. The van der Waals surface area contributed by atoms with E-state index in [1.54, 1.807) is 29.3 Å². The molecule has 0 spiro atoms. The first-order chi connectivity index (χ1) is 9.17. The van der Waals surface area contributed by atoms with Crippen LogP contribution in [0, 0.1) is 5.92 Å². The van der Waals surface area contributed by atoms with E-state index in [1.807, 2.05) is 6.07 Å². The topological polar surface area (TPSA) is 55.8 Å². The molecule has 1 aromatic carbocycles. The van der Waals surface area contributed by atoms with Crippen molar-refractivity contribution in [1.29, 1.82) is 0 Å². The van der Waals surface area contributed by atoms with E-state index in [0.717, 1.165) is 0 Å². The standard InChI is InChI=1S/C13H17NO4S/c15-19(16,12-4-2-1-3-5-12)7-6-14-13-10-17-8-11(13)9-18-14/h1-5,11,13H,6-10H2/t11-,13-/m0/s1. The summed E-state index contributed by atoms with van der Waals surface area (Å²) in [4.78, 5) is 5.91. The summed E-state index contributed by atoms with van der Waals surface area (Å²) in [5.41, 5.74) is 0. The molecule has 0 bridgehead atoms. The van der Waals surface area contributed by atoms with Crippen LogP contribution in [0.4, 0.5) is 0 Å². The lowest BCUT2D eigenvalue weighted by Gasteiger charge is -2.20. The molecule has 0 amide bonds. The van der Waals surface area contributed by atoms with E-state index >= 15 is 0 Å². The van der Waals surface area contributed by atoms with Crippen molar-refractivity contribution >= 4 is 9.84 Å². The van der Waals surface area contributed by atoms with Gasteiger partial charge < -0.3 is 4.74 Å². The zero-order chi connectivity index (χ0) is 13.3. The fraction of sp³-hybridized carbons (Fsp3) is 0.538. The average Bonchev–Trinajstić information content (AvgIpc) is 3.01. The van der Waals surface area contributed by atoms with Crippen molar-refractivity contribution in [2.24, 2.45) is 5.92 Å². The largest absolute Gasteiger partial charge is 0.379 e. The summed E-state index contributed by atoms with van der Waals surface area (Å²) in [6.45, 7) is 2.38. The van der Waals surface area contributed by atoms with Crippen LogP contribution in [0.2, 0.25) is 0 Å². The van der Waals surface area contributed by atoms with Crippen molar-refractivity contribution in [3.8, 4) is 0 Å². The Balaban J connectivity index is 1.63. The van der Waals surface area contributed by atoms with Crippen LogP contribution in [0.25, 0.3) is 0 Å². The zero-order valence-corrected chi connectivity index (χ0v) is 11.4. The molecular formula is C13H17NO4S. The Labute approximate surface area is 113 Å². The van der Waals surface area contributed by atoms with E-state index in [2.05, 4.69) is 0 Å². The molecule has 2 atom stereocenters. The van der Waals surface area contributed by atoms with Crippen molar-refractivity contribution in [2.75, 3.05) is 32.1 Å². The minimum atomic E-state index is -3.24. The number of benzene rings is 1. The van der Waals surface area contributed by atoms with Gasteiger partial charge in [-0.3, -0.25) is 4.84 Å². The summed E-state index contributed by atoms with van der Waals surface area (Å²) in [6, 6.07) is 8.75. The third-order valence-electron chi connectivity index (χ3n) is 3.67. The van der Waals surface area contributed by atoms with E-state index in [0.29, 0.717) is 37.2 Å². The highest BCUT2D eigenvalue weighted by Gasteiger charge is 2.40. The van der Waals surface area contributed by atoms with Gasteiger partial charge in [-0.15, -0.1) is 0 Å². The molecule has 0 aliphatic carbocycles. The highest BCUT2D eigenvalue weighted by molar-refractivity contribution is 7.91. The van der Waals surface area contributed by atoms with Crippen LogP contribution < -0.4 is 0 Å². The maximum Gasteiger partial charge on any atom is 0.179 e. The normalized spacial score (nSPS) is 27.6. The summed E-state index contributed by atoms with van der Waals surface area (Å²) in [5, 5.41) is 1.78. The van der Waals surface area contributed by atoms with Crippen molar-refractivity contribution in [3.63, 3.8) is 0 Å². The highest BCUT2D eigenvalue weighted by Crippen LogP contribution is 2.27. The van der Waals surface area contributed by atoms with Gasteiger partial charge in [0.05, 0.1) is 36.5 Å². The monoisotopic (exact) mass is 283 g/mol. The second kappa shape index (κ2) is 5.20. The Hall–Kier alpha value is -0.950. The average molecular weight is 283 g/mol. The molecule has 19 heavy (non-hydrogen) atoms. The van der Waals surface area contributed by atoms with Gasteiger partial charge in [-0.05, 0) is 12.1 Å². The molecular weight excluding hydrogens is 266 g/mol. The molecule has 2 aliphatic rings. The maximum atomic E-state index is 12.2. The van der Waals surface area contributed by atoms with Crippen LogP contribution in [-0.4, -0.2) is 51.6 Å². The molecule has 0 radical (unpaired) electrons. The third kappa shape index (κ3) is 2.67. The van der Waals surface area contributed by atoms with Crippen LogP contribution in [0.1, 0.15) is 0 Å². The lowest BCUT2D eigenvalue weighted by molar-refractivity contribution is -0.136. The van der Waals surface area contributed by atoms with E-state index < -0.39 is 9.84 Å². The van der Waals surface area contributed by atoms with E-state index in [1.165, 1.54) is 0 Å². The first kappa shape index (κ1) is 13.1. The first-order valence-corrected chi connectivity index (χ1v) is 8.07. The minimum absolute atomic E-state index is 0.0697. The maximum absolute atomic E-state index is 12.2. The minimum Gasteiger partial charge on any atom is -0.379 e. The summed E-state index contributed by atoms with van der Waals surface area (Å²) in [5.74, 6) is 0.458. The molecule has 6 heteroatoms. The number of hydrogen-bond donors (Lipinski definition) is 0. The Morgan fingerprint density at radius 1 is 1.16 bits per heavy atom. The van der Waals surface area contributed by atoms with Gasteiger partial charge in [-0.1, -0.05) is 18.2 Å². The van der Waals surface area contributed by atoms with E-state index in [-0.39, 0.29) is 11.8 Å². The highest BCUT2D eigenvalue weighted by atomic mass is 32.2. The van der Waals surface area contributed by atoms with Crippen LogP contribution in [0.3, 0.4) is 0 Å². The predicted octanol–water partition coefficient (Wildman–Crippen LogP) is 0.722. The SMILES string of the molecule is O=S(=O)(CCN1OC[C@@H]2COC[C@@H]21)c1ccccc1. The summed E-state index contributed by atoms with van der Waals surface area (Å²) < 4.78 is 29.7. The molecule has 2 fully saturated rings. The number of sulfone groups is 1. The van der Waals surface area contributed by atoms with Gasteiger partial charge >= 0.3 is 0 Å². The van der Waals surface area contributed by atoms with E-state index in [9.17, 15) is 8.42 Å². The molecule has 0 unspecified atom stereocenters. The molecule has 2 heterocycles. The molecule has 1 aromatic rings. The molecule has 0 N–H and O–H groups in total. The van der Waals surface area contributed by atoms with Gasteiger partial charge in [0, 0.05) is 12.5 Å². The molecule has 2 saturated heterocycles. The Morgan fingerprint density at radius 2 is 1.95 bits per heavy atom. The molecule has 2 aliphatic heterocycles. The van der Waals surface area contributed by atoms with Crippen LogP contribution in [0.15, 0.2) is 35.2 Å². The van der Waals surface area contributed by atoms with Gasteiger partial charge in [0.1, 0.15) is 0 Å². The number of fused-ring (bicyclic) bond motifs is 1. The Bertz CT molecular complexity index is 531. The fourth-order valence-electron chi connectivity index (χ4n) is 2.54. The lowest BCUT2D eigenvalue weighted by atomic mass is 10.1. The molecule has 5 nitrogen and oxygen atoms in total. The van der Waals surface area contributed by atoms with Crippen molar-refractivity contribution in [2.45, 2.75) is 10.9 Å². The Morgan fingerprint density at radius 3 is 2.74 bits per heavy atom. The van der Waals surface area contributed by atoms with Crippen molar-refractivity contribution in [1.82, 2.24) is 5.06 Å². The number of ether oxygens (including phenoxy) is 1. The van der Waals surface area contributed by atoms with Gasteiger partial charge in [0.2, 0.25) is 0 Å². The molecule has 0 aromatic heterocycles. The van der Waals surface area contributed by atoms with Gasteiger partial charge in [-0.2, -0.15) is 5.06 Å². The third-order valence-corrected chi connectivity index (χ3v) is 5.38. The van der Waals surface area contributed by atoms with Crippen LogP contribution in [-0.2, 0) is 19.4 Å². The smallest absolute Gasteiger partial charge is 0.179 e.